The first-order valence-electron chi connectivity index (χ1n) is 6.23. The van der Waals surface area contributed by atoms with E-state index in [1.165, 1.54) is 18.2 Å². The zero-order valence-electron chi connectivity index (χ0n) is 10.5. The Morgan fingerprint density at radius 3 is 2.68 bits per heavy atom. The number of ether oxygens (including phenoxy) is 1. The minimum absolute atomic E-state index is 0.0498. The molecule has 4 nitrogen and oxygen atoms in total. The van der Waals surface area contributed by atoms with Gasteiger partial charge in [0.05, 0.1) is 17.6 Å². The number of rotatable bonds is 4. The van der Waals surface area contributed by atoms with E-state index in [2.05, 4.69) is 0 Å². The fourth-order valence-electron chi connectivity index (χ4n) is 2.17. The van der Waals surface area contributed by atoms with Crippen molar-refractivity contribution in [3.05, 3.63) is 30.1 Å². The minimum Gasteiger partial charge on any atom is -0.491 e. The zero-order valence-corrected chi connectivity index (χ0v) is 11.3. The molecule has 0 saturated carbocycles. The third kappa shape index (κ3) is 4.18. The second-order valence-electron chi connectivity index (χ2n) is 4.82. The second kappa shape index (κ2) is 5.88. The first-order valence-corrected chi connectivity index (χ1v) is 8.05. The highest BCUT2D eigenvalue weighted by Crippen LogP contribution is 2.23. The van der Waals surface area contributed by atoms with Gasteiger partial charge in [0.2, 0.25) is 0 Å². The molecule has 1 unspecified atom stereocenters. The number of aliphatic hydroxyl groups excluding tert-OH is 1. The van der Waals surface area contributed by atoms with E-state index >= 15 is 0 Å². The number of halogens is 1. The number of hydrogen-bond acceptors (Lipinski definition) is 4. The summed E-state index contributed by atoms with van der Waals surface area (Å²) in [5.74, 6) is 0.138. The van der Waals surface area contributed by atoms with Crippen LogP contribution in [0.15, 0.2) is 24.3 Å². The molecule has 1 heterocycles. The average Bonchev–Trinajstić information content (AvgIpc) is 2.36. The maximum atomic E-state index is 12.9. The van der Waals surface area contributed by atoms with Crippen molar-refractivity contribution in [3.63, 3.8) is 0 Å². The Kier molecular flexibility index (Phi) is 4.42. The molecule has 106 valence electrons. The first kappa shape index (κ1) is 14.3. The van der Waals surface area contributed by atoms with Gasteiger partial charge in [0.15, 0.2) is 0 Å². The van der Waals surface area contributed by atoms with Crippen molar-refractivity contribution in [2.45, 2.75) is 18.9 Å². The molecule has 1 fully saturated rings. The standard InChI is InChI=1S/C13H17FO4S/c14-11-2-1-3-12(8-11)18-9-13(15)10-4-6-19(16,17)7-5-10/h1-3,8,10,13,15H,4-7,9H2. The predicted molar refractivity (Wildman–Crippen MR) is 69.3 cm³/mol. The van der Waals surface area contributed by atoms with E-state index in [1.807, 2.05) is 0 Å². The smallest absolute Gasteiger partial charge is 0.150 e. The quantitative estimate of drug-likeness (QED) is 0.909. The SMILES string of the molecule is O=S1(=O)CCC(C(O)COc2cccc(F)c2)CC1. The molecule has 0 aliphatic carbocycles. The highest BCUT2D eigenvalue weighted by Gasteiger charge is 2.28. The summed E-state index contributed by atoms with van der Waals surface area (Å²) >= 11 is 0. The van der Waals surface area contributed by atoms with E-state index < -0.39 is 21.8 Å². The van der Waals surface area contributed by atoms with Crippen molar-refractivity contribution in [1.82, 2.24) is 0 Å². The van der Waals surface area contributed by atoms with Crippen molar-refractivity contribution >= 4 is 9.84 Å². The third-order valence-electron chi connectivity index (χ3n) is 3.36. The molecule has 1 atom stereocenters. The van der Waals surface area contributed by atoms with Gasteiger partial charge in [-0.1, -0.05) is 6.07 Å². The molecule has 2 rings (SSSR count). The van der Waals surface area contributed by atoms with Crippen LogP contribution < -0.4 is 4.74 Å². The number of hydrogen-bond donors (Lipinski definition) is 1. The van der Waals surface area contributed by atoms with Crippen LogP contribution in [0.4, 0.5) is 4.39 Å². The lowest BCUT2D eigenvalue weighted by molar-refractivity contribution is 0.0527. The largest absolute Gasteiger partial charge is 0.491 e. The topological polar surface area (TPSA) is 63.6 Å². The maximum Gasteiger partial charge on any atom is 0.150 e. The molecule has 1 saturated heterocycles. The molecule has 0 amide bonds. The van der Waals surface area contributed by atoms with Gasteiger partial charge in [-0.25, -0.2) is 12.8 Å². The van der Waals surface area contributed by atoms with Gasteiger partial charge < -0.3 is 9.84 Å². The molecular formula is C13H17FO4S. The van der Waals surface area contributed by atoms with Gasteiger partial charge in [-0.2, -0.15) is 0 Å². The summed E-state index contributed by atoms with van der Waals surface area (Å²) in [6.45, 7) is 0.0498. The van der Waals surface area contributed by atoms with Gasteiger partial charge in [-0.3, -0.25) is 0 Å². The fraction of sp³-hybridized carbons (Fsp3) is 0.538. The Bertz CT molecular complexity index is 515. The summed E-state index contributed by atoms with van der Waals surface area (Å²) < 4.78 is 40.8. The van der Waals surface area contributed by atoms with Crippen molar-refractivity contribution in [1.29, 1.82) is 0 Å². The summed E-state index contributed by atoms with van der Waals surface area (Å²) in [4.78, 5) is 0. The zero-order chi connectivity index (χ0) is 13.9. The van der Waals surface area contributed by atoms with Crippen LogP contribution in [0.3, 0.4) is 0 Å². The molecular weight excluding hydrogens is 271 g/mol. The van der Waals surface area contributed by atoms with E-state index in [0.29, 0.717) is 18.6 Å². The molecule has 1 aliphatic rings. The average molecular weight is 288 g/mol. The van der Waals surface area contributed by atoms with Crippen LogP contribution in [0.25, 0.3) is 0 Å². The van der Waals surface area contributed by atoms with Crippen molar-refractivity contribution < 1.29 is 22.7 Å². The van der Waals surface area contributed by atoms with Crippen molar-refractivity contribution in [2.24, 2.45) is 5.92 Å². The predicted octanol–water partition coefficient (Wildman–Crippen LogP) is 1.39. The van der Waals surface area contributed by atoms with Gasteiger partial charge in [-0.15, -0.1) is 0 Å². The molecule has 1 aliphatic heterocycles. The van der Waals surface area contributed by atoms with Gasteiger partial charge in [0.25, 0.3) is 0 Å². The maximum absolute atomic E-state index is 12.9. The summed E-state index contributed by atoms with van der Waals surface area (Å²) in [5, 5.41) is 9.96. The Balaban J connectivity index is 1.83. The molecule has 19 heavy (non-hydrogen) atoms. The summed E-state index contributed by atoms with van der Waals surface area (Å²) in [5.41, 5.74) is 0. The van der Waals surface area contributed by atoms with E-state index in [9.17, 15) is 17.9 Å². The van der Waals surface area contributed by atoms with Gasteiger partial charge in [-0.05, 0) is 30.9 Å². The molecule has 6 heteroatoms. The number of sulfone groups is 1. The molecule has 0 bridgehead atoms. The van der Waals surface area contributed by atoms with Crippen LogP contribution in [0, 0.1) is 11.7 Å². The van der Waals surface area contributed by atoms with Crippen molar-refractivity contribution in [2.75, 3.05) is 18.1 Å². The first-order chi connectivity index (χ1) is 8.96. The Morgan fingerprint density at radius 1 is 1.37 bits per heavy atom. The van der Waals surface area contributed by atoms with Crippen LogP contribution in [0.1, 0.15) is 12.8 Å². The lowest BCUT2D eigenvalue weighted by Gasteiger charge is -2.26. The summed E-state index contributed by atoms with van der Waals surface area (Å²) in [6.07, 6.45) is 0.185. The van der Waals surface area contributed by atoms with Gasteiger partial charge >= 0.3 is 0 Å². The van der Waals surface area contributed by atoms with E-state index in [-0.39, 0.29) is 24.0 Å². The second-order valence-corrected chi connectivity index (χ2v) is 7.13. The molecule has 1 N–H and O–H groups in total. The van der Waals surface area contributed by atoms with Crippen LogP contribution in [-0.4, -0.2) is 37.7 Å². The van der Waals surface area contributed by atoms with E-state index in [0.717, 1.165) is 0 Å². The van der Waals surface area contributed by atoms with Crippen LogP contribution in [0.5, 0.6) is 5.75 Å². The lowest BCUT2D eigenvalue weighted by Crippen LogP contribution is -2.34. The van der Waals surface area contributed by atoms with Gasteiger partial charge in [0, 0.05) is 6.07 Å². The van der Waals surface area contributed by atoms with Crippen LogP contribution in [0.2, 0.25) is 0 Å². The number of benzene rings is 1. The van der Waals surface area contributed by atoms with Crippen molar-refractivity contribution in [3.8, 4) is 5.75 Å². The molecule has 0 spiro atoms. The molecule has 1 aromatic carbocycles. The Labute approximate surface area is 112 Å². The molecule has 1 aromatic rings. The summed E-state index contributed by atoms with van der Waals surface area (Å²) in [7, 11) is -2.92. The number of aliphatic hydroxyl groups is 1. The monoisotopic (exact) mass is 288 g/mol. The van der Waals surface area contributed by atoms with Gasteiger partial charge in [0.1, 0.15) is 28.0 Å². The Hall–Kier alpha value is -1.14. The lowest BCUT2D eigenvalue weighted by atomic mass is 9.96. The van der Waals surface area contributed by atoms with Crippen LogP contribution >= 0.6 is 0 Å². The summed E-state index contributed by atoms with van der Waals surface area (Å²) in [6, 6.07) is 5.71. The normalized spacial score (nSPS) is 20.9. The molecule has 0 radical (unpaired) electrons. The van der Waals surface area contributed by atoms with Crippen LogP contribution in [-0.2, 0) is 9.84 Å². The fourth-order valence-corrected chi connectivity index (χ4v) is 3.70. The van der Waals surface area contributed by atoms with E-state index in [1.54, 1.807) is 6.07 Å². The minimum atomic E-state index is -2.92. The highest BCUT2D eigenvalue weighted by atomic mass is 32.2. The van der Waals surface area contributed by atoms with E-state index in [4.69, 9.17) is 4.74 Å². The Morgan fingerprint density at radius 2 is 2.05 bits per heavy atom. The molecule has 0 aromatic heterocycles. The highest BCUT2D eigenvalue weighted by molar-refractivity contribution is 7.91. The third-order valence-corrected chi connectivity index (χ3v) is 5.08.